The lowest BCUT2D eigenvalue weighted by Gasteiger charge is -2.28. The smallest absolute Gasteiger partial charge is 0.214 e. The van der Waals surface area contributed by atoms with E-state index in [1.165, 1.54) is 49.9 Å². The molecule has 3 aromatic rings. The van der Waals surface area contributed by atoms with Gasteiger partial charge in [0.1, 0.15) is 5.82 Å². The minimum Gasteiger partial charge on any atom is -0.478 e. The number of benzene rings is 1. The summed E-state index contributed by atoms with van der Waals surface area (Å²) in [7, 11) is 2.22. The summed E-state index contributed by atoms with van der Waals surface area (Å²) in [4.78, 5) is 15.1. The lowest BCUT2D eigenvalue weighted by molar-refractivity contribution is 0.205. The molecule has 6 heteroatoms. The number of ether oxygens (including phenoxy) is 1. The van der Waals surface area contributed by atoms with E-state index in [0.29, 0.717) is 17.5 Å². The quantitative estimate of drug-likeness (QED) is 0.388. The number of unbranched alkanes of at least 4 members (excludes halogenated alkanes) is 1. The summed E-state index contributed by atoms with van der Waals surface area (Å²) in [5.74, 6) is 2.22. The van der Waals surface area contributed by atoms with E-state index in [0.717, 1.165) is 34.8 Å². The highest BCUT2D eigenvalue weighted by Gasteiger charge is 2.20. The van der Waals surface area contributed by atoms with Gasteiger partial charge >= 0.3 is 0 Å². The van der Waals surface area contributed by atoms with Crippen LogP contribution in [0.4, 0.5) is 0 Å². The SMILES string of the molecule is Cc1c(C(C)(C)C)ccc2[nH]c(-c3cc(OCCCCC4CCN(C)CC4)ncc3Cl)nc12. The van der Waals surface area contributed by atoms with E-state index in [1.807, 2.05) is 6.07 Å². The molecule has 1 aliphatic heterocycles. The van der Waals surface area contributed by atoms with Gasteiger partial charge in [0.25, 0.3) is 0 Å². The van der Waals surface area contributed by atoms with Crippen LogP contribution in [-0.4, -0.2) is 46.6 Å². The fraction of sp³-hybridized carbons (Fsp3) is 0.556. The second-order valence-corrected chi connectivity index (χ2v) is 11.0. The normalized spacial score (nSPS) is 15.9. The molecule has 0 saturated carbocycles. The second-order valence-electron chi connectivity index (χ2n) is 10.6. The molecule has 3 heterocycles. The molecule has 1 N–H and O–H groups in total. The molecule has 0 radical (unpaired) electrons. The van der Waals surface area contributed by atoms with E-state index in [4.69, 9.17) is 21.3 Å². The van der Waals surface area contributed by atoms with E-state index in [9.17, 15) is 0 Å². The topological polar surface area (TPSA) is 54.0 Å². The maximum Gasteiger partial charge on any atom is 0.214 e. The van der Waals surface area contributed by atoms with E-state index in [2.05, 4.69) is 61.7 Å². The Morgan fingerprint density at radius 3 is 2.67 bits per heavy atom. The van der Waals surface area contributed by atoms with Crippen molar-refractivity contribution in [3.05, 3.63) is 40.5 Å². The molecule has 1 aliphatic rings. The molecule has 0 atom stereocenters. The zero-order valence-corrected chi connectivity index (χ0v) is 21.4. The summed E-state index contributed by atoms with van der Waals surface area (Å²) in [6.45, 7) is 12.0. The number of H-pyrrole nitrogens is 1. The third kappa shape index (κ3) is 5.70. The van der Waals surface area contributed by atoms with Crippen LogP contribution in [0.15, 0.2) is 24.4 Å². The van der Waals surface area contributed by atoms with E-state index in [-0.39, 0.29) is 5.41 Å². The largest absolute Gasteiger partial charge is 0.478 e. The molecule has 33 heavy (non-hydrogen) atoms. The molecule has 0 aliphatic carbocycles. The maximum absolute atomic E-state index is 6.50. The Kier molecular flexibility index (Phi) is 7.30. The van der Waals surface area contributed by atoms with Crippen LogP contribution in [0.5, 0.6) is 5.88 Å². The van der Waals surface area contributed by atoms with Gasteiger partial charge in [-0.1, -0.05) is 44.9 Å². The predicted molar refractivity (Wildman–Crippen MR) is 137 cm³/mol. The van der Waals surface area contributed by atoms with Crippen molar-refractivity contribution in [1.29, 1.82) is 0 Å². The van der Waals surface area contributed by atoms with Crippen molar-refractivity contribution >= 4 is 22.6 Å². The van der Waals surface area contributed by atoms with Gasteiger partial charge in [-0.3, -0.25) is 0 Å². The van der Waals surface area contributed by atoms with Crippen molar-refractivity contribution in [1.82, 2.24) is 19.9 Å². The minimum atomic E-state index is 0.0695. The lowest BCUT2D eigenvalue weighted by Crippen LogP contribution is -2.30. The number of likely N-dealkylation sites (tertiary alicyclic amines) is 1. The number of aromatic amines is 1. The first-order valence-corrected chi connectivity index (χ1v) is 12.6. The molecule has 178 valence electrons. The van der Waals surface area contributed by atoms with Gasteiger partial charge in [0, 0.05) is 11.6 Å². The van der Waals surface area contributed by atoms with Gasteiger partial charge in [-0.25, -0.2) is 9.97 Å². The number of imidazole rings is 1. The zero-order chi connectivity index (χ0) is 23.6. The fourth-order valence-electron chi connectivity index (χ4n) is 4.89. The van der Waals surface area contributed by atoms with Crippen LogP contribution in [0.25, 0.3) is 22.4 Å². The Balaban J connectivity index is 1.41. The molecule has 1 fully saturated rings. The third-order valence-corrected chi connectivity index (χ3v) is 7.20. The van der Waals surface area contributed by atoms with E-state index in [1.54, 1.807) is 6.20 Å². The Bertz CT molecular complexity index is 1090. The number of aryl methyl sites for hydroxylation is 1. The second kappa shape index (κ2) is 10.0. The van der Waals surface area contributed by atoms with Crippen LogP contribution in [-0.2, 0) is 5.41 Å². The first kappa shape index (κ1) is 24.0. The number of fused-ring (bicyclic) bond motifs is 1. The molecule has 1 aromatic carbocycles. The van der Waals surface area contributed by atoms with Crippen LogP contribution in [0, 0.1) is 12.8 Å². The first-order chi connectivity index (χ1) is 15.7. The standard InChI is InChI=1S/C27H37ClN4O/c1-18-21(27(2,3)4)9-10-23-25(18)31-26(30-23)20-16-24(29-17-22(20)28)33-15-7-6-8-19-11-13-32(5)14-12-19/h9-10,16-17,19H,6-8,11-15H2,1-5H3,(H,30,31). The van der Waals surface area contributed by atoms with Crippen LogP contribution in [0.2, 0.25) is 5.02 Å². The molecule has 2 aromatic heterocycles. The van der Waals surface area contributed by atoms with Gasteiger partial charge in [0.2, 0.25) is 5.88 Å². The van der Waals surface area contributed by atoms with Crippen molar-refractivity contribution in [3.8, 4) is 17.3 Å². The number of aromatic nitrogens is 3. The molecule has 0 spiro atoms. The molecular formula is C27H37ClN4O. The summed E-state index contributed by atoms with van der Waals surface area (Å²) in [6.07, 6.45) is 7.86. The van der Waals surface area contributed by atoms with Gasteiger partial charge in [0.15, 0.2) is 0 Å². The van der Waals surface area contributed by atoms with Crippen LogP contribution in [0.3, 0.4) is 0 Å². The molecule has 5 nitrogen and oxygen atoms in total. The van der Waals surface area contributed by atoms with E-state index >= 15 is 0 Å². The Morgan fingerprint density at radius 2 is 1.94 bits per heavy atom. The molecule has 0 bridgehead atoms. The predicted octanol–water partition coefficient (Wildman–Crippen LogP) is 6.78. The summed E-state index contributed by atoms with van der Waals surface area (Å²) in [5, 5.41) is 0.567. The molecule has 1 saturated heterocycles. The number of pyridine rings is 1. The summed E-state index contributed by atoms with van der Waals surface area (Å²) >= 11 is 6.50. The highest BCUT2D eigenvalue weighted by atomic mass is 35.5. The molecular weight excluding hydrogens is 432 g/mol. The average molecular weight is 469 g/mol. The Morgan fingerprint density at radius 1 is 1.18 bits per heavy atom. The highest BCUT2D eigenvalue weighted by molar-refractivity contribution is 6.33. The molecule has 4 rings (SSSR count). The summed E-state index contributed by atoms with van der Waals surface area (Å²) in [5.41, 5.74) is 5.40. The van der Waals surface area contributed by atoms with Crippen LogP contribution >= 0.6 is 11.6 Å². The van der Waals surface area contributed by atoms with Gasteiger partial charge in [-0.15, -0.1) is 0 Å². The van der Waals surface area contributed by atoms with E-state index < -0.39 is 0 Å². The van der Waals surface area contributed by atoms with Crippen molar-refractivity contribution in [2.24, 2.45) is 5.92 Å². The number of halogens is 1. The number of rotatable bonds is 7. The van der Waals surface area contributed by atoms with Gasteiger partial charge in [-0.05, 0) is 81.3 Å². The minimum absolute atomic E-state index is 0.0695. The fourth-order valence-corrected chi connectivity index (χ4v) is 5.09. The zero-order valence-electron chi connectivity index (χ0n) is 20.7. The number of hydrogen-bond acceptors (Lipinski definition) is 4. The monoisotopic (exact) mass is 468 g/mol. The molecule has 0 amide bonds. The number of hydrogen-bond donors (Lipinski definition) is 1. The van der Waals surface area contributed by atoms with Crippen LogP contribution < -0.4 is 4.74 Å². The number of piperidine rings is 1. The average Bonchev–Trinajstić information content (AvgIpc) is 3.20. The number of nitrogens with zero attached hydrogens (tertiary/aromatic N) is 3. The summed E-state index contributed by atoms with van der Waals surface area (Å²) < 4.78 is 5.97. The molecule has 0 unspecified atom stereocenters. The van der Waals surface area contributed by atoms with Gasteiger partial charge < -0.3 is 14.6 Å². The van der Waals surface area contributed by atoms with Crippen molar-refractivity contribution < 1.29 is 4.74 Å². The highest BCUT2D eigenvalue weighted by Crippen LogP contribution is 2.34. The van der Waals surface area contributed by atoms with Gasteiger partial charge in [0.05, 0.1) is 28.9 Å². The lowest BCUT2D eigenvalue weighted by atomic mass is 9.84. The summed E-state index contributed by atoms with van der Waals surface area (Å²) in [6, 6.07) is 6.20. The van der Waals surface area contributed by atoms with Gasteiger partial charge in [-0.2, -0.15) is 0 Å². The van der Waals surface area contributed by atoms with Crippen molar-refractivity contribution in [2.75, 3.05) is 26.7 Å². The maximum atomic E-state index is 6.50. The Labute approximate surface area is 202 Å². The Hall–Kier alpha value is -2.11. The van der Waals surface area contributed by atoms with Crippen molar-refractivity contribution in [2.45, 2.75) is 65.2 Å². The first-order valence-electron chi connectivity index (χ1n) is 12.2. The van der Waals surface area contributed by atoms with Crippen molar-refractivity contribution in [3.63, 3.8) is 0 Å². The van der Waals surface area contributed by atoms with Crippen LogP contribution in [0.1, 0.15) is 64.0 Å². The number of nitrogens with one attached hydrogen (secondary N) is 1. The third-order valence-electron chi connectivity index (χ3n) is 6.90.